The number of carbonyl (C=O) groups excluding carboxylic acids is 2. The lowest BCUT2D eigenvalue weighted by Gasteiger charge is -2.17. The first-order chi connectivity index (χ1) is 11.1. The summed E-state index contributed by atoms with van der Waals surface area (Å²) in [6.45, 7) is 1.60. The van der Waals surface area contributed by atoms with Gasteiger partial charge in [0, 0.05) is 30.2 Å². The zero-order valence-electron chi connectivity index (χ0n) is 13.0. The standard InChI is InChI=1S/C17H22N4O2/c18-14(9-12-10-19-15-6-2-1-5-13(12)15)17(23)20-11-16(22)21-7-3-4-8-21/h1-2,5-6,10,14,19H,3-4,7-9,11,18H2,(H,20,23)/t14-/m0/s1. The van der Waals surface area contributed by atoms with E-state index in [0.717, 1.165) is 42.4 Å². The van der Waals surface area contributed by atoms with Crippen LogP contribution in [0.2, 0.25) is 0 Å². The maximum absolute atomic E-state index is 12.1. The summed E-state index contributed by atoms with van der Waals surface area (Å²) in [5.74, 6) is -0.321. The maximum Gasteiger partial charge on any atom is 0.241 e. The number of hydrogen-bond acceptors (Lipinski definition) is 3. The molecule has 0 bridgehead atoms. The topological polar surface area (TPSA) is 91.2 Å². The van der Waals surface area contributed by atoms with Crippen LogP contribution in [0.5, 0.6) is 0 Å². The molecule has 1 atom stereocenters. The molecule has 3 rings (SSSR count). The highest BCUT2D eigenvalue weighted by atomic mass is 16.2. The van der Waals surface area contributed by atoms with Gasteiger partial charge in [0.1, 0.15) is 0 Å². The van der Waals surface area contributed by atoms with Crippen LogP contribution in [0.4, 0.5) is 0 Å². The lowest BCUT2D eigenvalue weighted by atomic mass is 10.1. The predicted octanol–water partition coefficient (Wildman–Crippen LogP) is 0.776. The summed E-state index contributed by atoms with van der Waals surface area (Å²) in [5.41, 5.74) is 8.02. The lowest BCUT2D eigenvalue weighted by Crippen LogP contribution is -2.46. The second-order valence-electron chi connectivity index (χ2n) is 5.98. The first-order valence-electron chi connectivity index (χ1n) is 8.01. The molecule has 2 aromatic rings. The van der Waals surface area contributed by atoms with Crippen LogP contribution in [0.15, 0.2) is 30.5 Å². The van der Waals surface area contributed by atoms with Gasteiger partial charge in [0.2, 0.25) is 11.8 Å². The lowest BCUT2D eigenvalue weighted by molar-refractivity contribution is -0.132. The molecule has 1 aliphatic heterocycles. The molecule has 2 heterocycles. The smallest absolute Gasteiger partial charge is 0.241 e. The molecule has 6 heteroatoms. The average Bonchev–Trinajstić information content (AvgIpc) is 3.22. The van der Waals surface area contributed by atoms with E-state index in [2.05, 4.69) is 10.3 Å². The fraction of sp³-hybridized carbons (Fsp3) is 0.412. The number of likely N-dealkylation sites (tertiary alicyclic amines) is 1. The second-order valence-corrected chi connectivity index (χ2v) is 5.98. The van der Waals surface area contributed by atoms with Crippen LogP contribution < -0.4 is 11.1 Å². The molecular weight excluding hydrogens is 292 g/mol. The monoisotopic (exact) mass is 314 g/mol. The van der Waals surface area contributed by atoms with Crippen molar-refractivity contribution in [3.63, 3.8) is 0 Å². The summed E-state index contributed by atoms with van der Waals surface area (Å²) in [7, 11) is 0. The number of aromatic amines is 1. The number of carbonyl (C=O) groups is 2. The Kier molecular flexibility index (Phi) is 4.62. The van der Waals surface area contributed by atoms with Crippen molar-refractivity contribution in [3.05, 3.63) is 36.0 Å². The number of amides is 2. The Morgan fingerprint density at radius 3 is 2.78 bits per heavy atom. The zero-order chi connectivity index (χ0) is 16.2. The van der Waals surface area contributed by atoms with Crippen LogP contribution in [-0.2, 0) is 16.0 Å². The van der Waals surface area contributed by atoms with Crippen LogP contribution >= 0.6 is 0 Å². The molecule has 0 spiro atoms. The Hall–Kier alpha value is -2.34. The SMILES string of the molecule is N[C@@H](Cc1c[nH]c2ccccc12)C(=O)NCC(=O)N1CCCC1. The molecule has 6 nitrogen and oxygen atoms in total. The van der Waals surface area contributed by atoms with Gasteiger partial charge in [-0.15, -0.1) is 0 Å². The van der Waals surface area contributed by atoms with E-state index >= 15 is 0 Å². The van der Waals surface area contributed by atoms with Crippen molar-refractivity contribution >= 4 is 22.7 Å². The Balaban J connectivity index is 1.54. The number of H-pyrrole nitrogens is 1. The van der Waals surface area contributed by atoms with Crippen LogP contribution in [0.3, 0.4) is 0 Å². The molecule has 1 aromatic carbocycles. The zero-order valence-corrected chi connectivity index (χ0v) is 13.0. The number of fused-ring (bicyclic) bond motifs is 1. The number of nitrogens with two attached hydrogens (primary N) is 1. The van der Waals surface area contributed by atoms with E-state index in [-0.39, 0.29) is 18.4 Å². The fourth-order valence-corrected chi connectivity index (χ4v) is 3.00. The molecule has 2 amide bonds. The van der Waals surface area contributed by atoms with Crippen molar-refractivity contribution in [3.8, 4) is 0 Å². The number of para-hydroxylation sites is 1. The molecule has 1 saturated heterocycles. The summed E-state index contributed by atoms with van der Waals surface area (Å²) >= 11 is 0. The highest BCUT2D eigenvalue weighted by Crippen LogP contribution is 2.18. The van der Waals surface area contributed by atoms with Gasteiger partial charge in [-0.1, -0.05) is 18.2 Å². The van der Waals surface area contributed by atoms with Crippen molar-refractivity contribution in [1.29, 1.82) is 0 Å². The van der Waals surface area contributed by atoms with E-state index in [1.54, 1.807) is 4.90 Å². The molecule has 23 heavy (non-hydrogen) atoms. The molecular formula is C17H22N4O2. The third kappa shape index (κ3) is 3.53. The van der Waals surface area contributed by atoms with Gasteiger partial charge in [-0.2, -0.15) is 0 Å². The van der Waals surface area contributed by atoms with Gasteiger partial charge in [0.15, 0.2) is 0 Å². The molecule has 122 valence electrons. The minimum Gasteiger partial charge on any atom is -0.361 e. The Morgan fingerprint density at radius 1 is 1.26 bits per heavy atom. The van der Waals surface area contributed by atoms with Crippen LogP contribution in [0, 0.1) is 0 Å². The second kappa shape index (κ2) is 6.83. The maximum atomic E-state index is 12.1. The number of aromatic nitrogens is 1. The van der Waals surface area contributed by atoms with E-state index in [0.29, 0.717) is 6.42 Å². The molecule has 1 fully saturated rings. The van der Waals surface area contributed by atoms with Gasteiger partial charge >= 0.3 is 0 Å². The third-order valence-electron chi connectivity index (χ3n) is 4.32. The third-order valence-corrected chi connectivity index (χ3v) is 4.32. The van der Waals surface area contributed by atoms with Gasteiger partial charge in [0.25, 0.3) is 0 Å². The summed E-state index contributed by atoms with van der Waals surface area (Å²) < 4.78 is 0. The normalized spacial score (nSPS) is 15.8. The largest absolute Gasteiger partial charge is 0.361 e. The molecule has 1 aromatic heterocycles. The van der Waals surface area contributed by atoms with Crippen LogP contribution in [0.25, 0.3) is 10.9 Å². The summed E-state index contributed by atoms with van der Waals surface area (Å²) in [6.07, 6.45) is 4.40. The van der Waals surface area contributed by atoms with E-state index in [4.69, 9.17) is 5.73 Å². The van der Waals surface area contributed by atoms with Crippen molar-refractivity contribution < 1.29 is 9.59 Å². The van der Waals surface area contributed by atoms with Gasteiger partial charge in [-0.25, -0.2) is 0 Å². The minimum atomic E-state index is -0.666. The average molecular weight is 314 g/mol. The first kappa shape index (κ1) is 15.6. The van der Waals surface area contributed by atoms with Crippen molar-refractivity contribution in [1.82, 2.24) is 15.2 Å². The van der Waals surface area contributed by atoms with E-state index < -0.39 is 6.04 Å². The van der Waals surface area contributed by atoms with Crippen LogP contribution in [-0.4, -0.2) is 47.4 Å². The highest BCUT2D eigenvalue weighted by molar-refractivity contribution is 5.89. The molecule has 1 aliphatic rings. The summed E-state index contributed by atoms with van der Waals surface area (Å²) in [4.78, 5) is 29.0. The van der Waals surface area contributed by atoms with E-state index in [1.807, 2.05) is 30.5 Å². The van der Waals surface area contributed by atoms with Crippen molar-refractivity contribution in [2.24, 2.45) is 5.73 Å². The number of nitrogens with zero attached hydrogens (tertiary/aromatic N) is 1. The summed E-state index contributed by atoms with van der Waals surface area (Å²) in [5, 5.41) is 3.73. The molecule has 0 radical (unpaired) electrons. The molecule has 0 unspecified atom stereocenters. The molecule has 0 aliphatic carbocycles. The van der Waals surface area contributed by atoms with Gasteiger partial charge in [-0.05, 0) is 30.9 Å². The van der Waals surface area contributed by atoms with E-state index in [9.17, 15) is 9.59 Å². The van der Waals surface area contributed by atoms with Crippen molar-refractivity contribution in [2.45, 2.75) is 25.3 Å². The van der Waals surface area contributed by atoms with Gasteiger partial charge < -0.3 is 20.9 Å². The van der Waals surface area contributed by atoms with Crippen molar-refractivity contribution in [2.75, 3.05) is 19.6 Å². The Bertz CT molecular complexity index is 703. The Morgan fingerprint density at radius 2 is 2.00 bits per heavy atom. The molecule has 4 N–H and O–H groups in total. The van der Waals surface area contributed by atoms with Gasteiger partial charge in [-0.3, -0.25) is 9.59 Å². The number of benzene rings is 1. The quantitative estimate of drug-likeness (QED) is 0.761. The van der Waals surface area contributed by atoms with E-state index in [1.165, 1.54) is 0 Å². The Labute approximate surface area is 135 Å². The first-order valence-corrected chi connectivity index (χ1v) is 8.01. The fourth-order valence-electron chi connectivity index (χ4n) is 3.00. The molecule has 0 saturated carbocycles. The number of hydrogen-bond donors (Lipinski definition) is 3. The van der Waals surface area contributed by atoms with Gasteiger partial charge in [0.05, 0.1) is 12.6 Å². The number of rotatable bonds is 5. The highest BCUT2D eigenvalue weighted by Gasteiger charge is 2.20. The predicted molar refractivity (Wildman–Crippen MR) is 88.8 cm³/mol. The summed E-state index contributed by atoms with van der Waals surface area (Å²) in [6, 6.07) is 7.24. The van der Waals surface area contributed by atoms with Crippen LogP contribution in [0.1, 0.15) is 18.4 Å². The minimum absolute atomic E-state index is 0.0282. The number of nitrogens with one attached hydrogen (secondary N) is 2.